The maximum atomic E-state index is 13.4. The highest BCUT2D eigenvalue weighted by Crippen LogP contribution is 2.24. The van der Waals surface area contributed by atoms with Gasteiger partial charge in [0, 0.05) is 11.1 Å². The molecule has 0 fully saturated rings. The van der Waals surface area contributed by atoms with Crippen LogP contribution < -0.4 is 10.2 Å². The molecule has 0 saturated heterocycles. The molecule has 0 spiro atoms. The van der Waals surface area contributed by atoms with Crippen LogP contribution in [0.3, 0.4) is 0 Å². The van der Waals surface area contributed by atoms with Gasteiger partial charge in [-0.2, -0.15) is 0 Å². The second-order valence-corrected chi connectivity index (χ2v) is 9.34. The van der Waals surface area contributed by atoms with Crippen molar-refractivity contribution in [3.8, 4) is 16.9 Å². The lowest BCUT2D eigenvalue weighted by Gasteiger charge is -2.09. The fourth-order valence-electron chi connectivity index (χ4n) is 2.64. The smallest absolute Gasteiger partial charge is 0.250 e. The number of para-hydroxylation sites is 1. The van der Waals surface area contributed by atoms with Crippen molar-refractivity contribution in [3.05, 3.63) is 75.6 Å². The third-order valence-corrected chi connectivity index (χ3v) is 6.77. The number of aryl methyl sites for hydroxylation is 1. The van der Waals surface area contributed by atoms with Gasteiger partial charge in [0.15, 0.2) is 4.34 Å². The summed E-state index contributed by atoms with van der Waals surface area (Å²) in [6, 6.07) is 16.0. The summed E-state index contributed by atoms with van der Waals surface area (Å²) in [5, 5.41) is 15.1. The Morgan fingerprint density at radius 3 is 2.63 bits per heavy atom. The first-order valence-electron chi connectivity index (χ1n) is 8.87. The van der Waals surface area contributed by atoms with Crippen LogP contribution in [-0.2, 0) is 4.79 Å². The second kappa shape index (κ2) is 9.33. The molecular formula is C20H16FN5OS3. The van der Waals surface area contributed by atoms with E-state index in [0.29, 0.717) is 4.80 Å². The van der Waals surface area contributed by atoms with Crippen LogP contribution in [0.1, 0.15) is 5.01 Å². The normalized spacial score (nSPS) is 11.6. The first-order valence-corrected chi connectivity index (χ1v) is 11.6. The molecule has 30 heavy (non-hydrogen) atoms. The maximum absolute atomic E-state index is 13.4. The molecule has 2 heterocycles. The van der Waals surface area contributed by atoms with Crippen molar-refractivity contribution in [2.24, 2.45) is 5.10 Å². The maximum Gasteiger partial charge on any atom is 0.250 e. The SMILES string of the molecule is Cc1nnc(SCC(=O)N/N=c2/scc(-c3ccc(F)cc3)n2-c2ccccc2)s1. The fourth-order valence-corrected chi connectivity index (χ4v) is 5.12. The van der Waals surface area contributed by atoms with Gasteiger partial charge < -0.3 is 0 Å². The molecule has 0 atom stereocenters. The van der Waals surface area contributed by atoms with E-state index in [1.165, 1.54) is 46.6 Å². The number of aromatic nitrogens is 3. The van der Waals surface area contributed by atoms with Gasteiger partial charge >= 0.3 is 0 Å². The summed E-state index contributed by atoms with van der Waals surface area (Å²) in [4.78, 5) is 12.8. The molecule has 0 aliphatic heterocycles. The molecule has 2 aromatic heterocycles. The van der Waals surface area contributed by atoms with Gasteiger partial charge in [0.2, 0.25) is 4.80 Å². The molecule has 152 valence electrons. The molecule has 6 nitrogen and oxygen atoms in total. The summed E-state index contributed by atoms with van der Waals surface area (Å²) < 4.78 is 16.0. The molecule has 0 saturated carbocycles. The molecule has 4 rings (SSSR count). The van der Waals surface area contributed by atoms with E-state index in [4.69, 9.17) is 0 Å². The fraction of sp³-hybridized carbons (Fsp3) is 0.100. The Kier molecular flexibility index (Phi) is 6.36. The predicted molar refractivity (Wildman–Crippen MR) is 118 cm³/mol. The topological polar surface area (TPSA) is 72.2 Å². The Balaban J connectivity index is 1.60. The number of amides is 1. The van der Waals surface area contributed by atoms with Crippen LogP contribution in [0.5, 0.6) is 0 Å². The summed E-state index contributed by atoms with van der Waals surface area (Å²) in [5.41, 5.74) is 5.22. The second-order valence-electron chi connectivity index (χ2n) is 6.10. The monoisotopic (exact) mass is 457 g/mol. The van der Waals surface area contributed by atoms with Gasteiger partial charge in [0.05, 0.1) is 11.4 Å². The average molecular weight is 458 g/mol. The van der Waals surface area contributed by atoms with Crippen molar-refractivity contribution >= 4 is 40.3 Å². The highest BCUT2D eigenvalue weighted by molar-refractivity contribution is 8.01. The molecule has 0 aliphatic rings. The highest BCUT2D eigenvalue weighted by atomic mass is 32.2. The van der Waals surface area contributed by atoms with Crippen LogP contribution in [-0.4, -0.2) is 26.4 Å². The number of thiazole rings is 1. The molecule has 0 aliphatic carbocycles. The first-order chi connectivity index (χ1) is 14.6. The average Bonchev–Trinajstić information content (AvgIpc) is 3.38. The third kappa shape index (κ3) is 4.84. The van der Waals surface area contributed by atoms with Crippen LogP contribution in [0, 0.1) is 12.7 Å². The zero-order valence-corrected chi connectivity index (χ0v) is 18.2. The number of nitrogens with one attached hydrogen (secondary N) is 1. The standard InChI is InChI=1S/C20H16FN5OS3/c1-13-22-25-20(30-13)29-12-18(27)23-24-19-26(16-5-3-2-4-6-16)17(11-28-19)14-7-9-15(21)10-8-14/h2-11H,12H2,1H3,(H,23,27)/b24-19+. The van der Waals surface area contributed by atoms with E-state index in [0.717, 1.165) is 26.3 Å². The number of carbonyl (C=O) groups is 1. The van der Waals surface area contributed by atoms with E-state index >= 15 is 0 Å². The van der Waals surface area contributed by atoms with Crippen LogP contribution >= 0.6 is 34.4 Å². The number of benzene rings is 2. The highest BCUT2D eigenvalue weighted by Gasteiger charge is 2.11. The Labute approximate surface area is 184 Å². The molecule has 1 amide bonds. The van der Waals surface area contributed by atoms with Crippen molar-refractivity contribution in [1.82, 2.24) is 20.2 Å². The molecule has 2 aromatic carbocycles. The number of hydrogen-bond donors (Lipinski definition) is 1. The van der Waals surface area contributed by atoms with E-state index in [1.54, 1.807) is 12.1 Å². The van der Waals surface area contributed by atoms with Crippen LogP contribution in [0.4, 0.5) is 4.39 Å². The van der Waals surface area contributed by atoms with Crippen molar-refractivity contribution < 1.29 is 9.18 Å². The number of thioether (sulfide) groups is 1. The minimum Gasteiger partial charge on any atom is -0.284 e. The van der Waals surface area contributed by atoms with Crippen molar-refractivity contribution in [1.29, 1.82) is 0 Å². The zero-order valence-electron chi connectivity index (χ0n) is 15.8. The summed E-state index contributed by atoms with van der Waals surface area (Å²) in [6.07, 6.45) is 0. The van der Waals surface area contributed by atoms with E-state index in [-0.39, 0.29) is 17.5 Å². The minimum absolute atomic E-state index is 0.194. The van der Waals surface area contributed by atoms with Crippen molar-refractivity contribution in [3.63, 3.8) is 0 Å². The van der Waals surface area contributed by atoms with Gasteiger partial charge in [0.1, 0.15) is 10.8 Å². The van der Waals surface area contributed by atoms with Gasteiger partial charge in [-0.15, -0.1) is 26.6 Å². The lowest BCUT2D eigenvalue weighted by atomic mass is 10.1. The van der Waals surface area contributed by atoms with Gasteiger partial charge in [0.25, 0.3) is 5.91 Å². The van der Waals surface area contributed by atoms with Gasteiger partial charge in [-0.05, 0) is 48.9 Å². The number of halogens is 1. The lowest BCUT2D eigenvalue weighted by Crippen LogP contribution is -2.25. The number of nitrogens with zero attached hydrogens (tertiary/aromatic N) is 4. The predicted octanol–water partition coefficient (Wildman–Crippen LogP) is 4.23. The molecule has 0 bridgehead atoms. The molecule has 4 aromatic rings. The molecule has 0 unspecified atom stereocenters. The minimum atomic E-state index is -0.291. The Morgan fingerprint density at radius 2 is 1.93 bits per heavy atom. The Hall–Kier alpha value is -2.82. The number of rotatable bonds is 6. The Morgan fingerprint density at radius 1 is 1.17 bits per heavy atom. The van der Waals surface area contributed by atoms with Crippen molar-refractivity contribution in [2.45, 2.75) is 11.3 Å². The largest absolute Gasteiger partial charge is 0.284 e. The zero-order chi connectivity index (χ0) is 20.9. The van der Waals surface area contributed by atoms with E-state index < -0.39 is 0 Å². The summed E-state index contributed by atoms with van der Waals surface area (Å²) in [6.45, 7) is 1.87. The van der Waals surface area contributed by atoms with E-state index in [1.807, 2.05) is 47.2 Å². The first kappa shape index (κ1) is 20.5. The Bertz CT molecular complexity index is 1220. The van der Waals surface area contributed by atoms with E-state index in [9.17, 15) is 9.18 Å². The van der Waals surface area contributed by atoms with Gasteiger partial charge in [-0.1, -0.05) is 41.3 Å². The summed E-state index contributed by atoms with van der Waals surface area (Å²) in [5.74, 6) is -0.329. The lowest BCUT2D eigenvalue weighted by molar-refractivity contribution is -0.118. The quantitative estimate of drug-likeness (QED) is 0.347. The van der Waals surface area contributed by atoms with Crippen LogP contribution in [0.15, 0.2) is 69.4 Å². The summed E-state index contributed by atoms with van der Waals surface area (Å²) in [7, 11) is 0. The van der Waals surface area contributed by atoms with Gasteiger partial charge in [-0.3, -0.25) is 9.36 Å². The third-order valence-electron chi connectivity index (χ3n) is 3.97. The van der Waals surface area contributed by atoms with Crippen LogP contribution in [0.25, 0.3) is 16.9 Å². The van der Waals surface area contributed by atoms with E-state index in [2.05, 4.69) is 20.7 Å². The molecule has 0 radical (unpaired) electrons. The van der Waals surface area contributed by atoms with Gasteiger partial charge in [-0.25, -0.2) is 9.82 Å². The molecule has 10 heteroatoms. The van der Waals surface area contributed by atoms with Crippen LogP contribution in [0.2, 0.25) is 0 Å². The molecular weight excluding hydrogens is 441 g/mol. The number of hydrogen-bond acceptors (Lipinski definition) is 7. The van der Waals surface area contributed by atoms with Crippen molar-refractivity contribution in [2.75, 3.05) is 5.75 Å². The molecule has 1 N–H and O–H groups in total. The summed E-state index contributed by atoms with van der Waals surface area (Å²) >= 11 is 4.16. The number of carbonyl (C=O) groups excluding carboxylic acids is 1.